The largest absolute Gasteiger partial charge is 0.491 e. The van der Waals surface area contributed by atoms with E-state index in [1.165, 1.54) is 11.0 Å². The van der Waals surface area contributed by atoms with Crippen LogP contribution in [-0.4, -0.2) is 29.7 Å². The van der Waals surface area contributed by atoms with Crippen molar-refractivity contribution in [2.24, 2.45) is 0 Å². The summed E-state index contributed by atoms with van der Waals surface area (Å²) in [5.41, 5.74) is 0.819. The Morgan fingerprint density at radius 3 is 2.83 bits per heavy atom. The summed E-state index contributed by atoms with van der Waals surface area (Å²) >= 11 is 0. The van der Waals surface area contributed by atoms with E-state index in [0.29, 0.717) is 11.7 Å². The summed E-state index contributed by atoms with van der Waals surface area (Å²) in [7, 11) is 0. The molecule has 0 atom stereocenters. The Morgan fingerprint density at radius 1 is 1.44 bits per heavy atom. The van der Waals surface area contributed by atoms with Crippen LogP contribution in [0.5, 0.6) is 0 Å². The monoisotopic (exact) mass is 246 g/mol. The van der Waals surface area contributed by atoms with Crippen LogP contribution in [0.15, 0.2) is 12.4 Å². The van der Waals surface area contributed by atoms with E-state index in [-0.39, 0.29) is 0 Å². The van der Waals surface area contributed by atoms with Crippen LogP contribution in [0.1, 0.15) is 30.3 Å². The molecular formula is C10H10N6O2. The number of rotatable bonds is 3. The Bertz CT molecular complexity index is 619. The van der Waals surface area contributed by atoms with E-state index in [1.54, 1.807) is 6.07 Å². The van der Waals surface area contributed by atoms with Crippen LogP contribution in [0.25, 0.3) is 5.82 Å². The van der Waals surface area contributed by atoms with Crippen LogP contribution in [0.4, 0.5) is 5.95 Å². The third-order valence-electron chi connectivity index (χ3n) is 2.68. The zero-order valence-corrected chi connectivity index (χ0v) is 9.65. The molecule has 0 aliphatic heterocycles. The third kappa shape index (κ3) is 1.92. The van der Waals surface area contributed by atoms with Gasteiger partial charge in [-0.3, -0.25) is 0 Å². The van der Waals surface area contributed by atoms with Gasteiger partial charge < -0.3 is 10.1 Å². The molecule has 0 spiro atoms. The molecule has 2 heterocycles. The summed E-state index contributed by atoms with van der Waals surface area (Å²) in [4.78, 5) is 22.2. The number of nitrogens with zero attached hydrogens (tertiary/aromatic N) is 6. The van der Waals surface area contributed by atoms with Crippen LogP contribution < -0.4 is 0 Å². The van der Waals surface area contributed by atoms with Gasteiger partial charge in [-0.15, -0.1) is 4.68 Å². The number of hydrogen-bond donors (Lipinski definition) is 0. The van der Waals surface area contributed by atoms with Crippen molar-refractivity contribution in [3.63, 3.8) is 0 Å². The standard InChI is InChI=1S/C10H10N6O2/c1-6-4-8(13-9(12-6)7-2-3-7)15-5-11-10(14-15)16(17)18/h4-5,7H,2-3H2,1H3. The molecule has 1 saturated carbocycles. The molecule has 2 aromatic rings. The predicted molar refractivity (Wildman–Crippen MR) is 60.3 cm³/mol. The van der Waals surface area contributed by atoms with Crippen molar-refractivity contribution in [2.45, 2.75) is 25.7 Å². The molecule has 1 aliphatic carbocycles. The van der Waals surface area contributed by atoms with E-state index in [1.807, 2.05) is 6.92 Å². The lowest BCUT2D eigenvalue weighted by Crippen LogP contribution is -2.04. The van der Waals surface area contributed by atoms with Gasteiger partial charge in [0.1, 0.15) is 5.82 Å². The van der Waals surface area contributed by atoms with Crippen LogP contribution in [-0.2, 0) is 0 Å². The van der Waals surface area contributed by atoms with Gasteiger partial charge in [0.2, 0.25) is 6.33 Å². The van der Waals surface area contributed by atoms with Gasteiger partial charge in [0, 0.05) is 22.8 Å². The maximum absolute atomic E-state index is 10.5. The third-order valence-corrected chi connectivity index (χ3v) is 2.68. The Balaban J connectivity index is 2.01. The van der Waals surface area contributed by atoms with E-state index >= 15 is 0 Å². The lowest BCUT2D eigenvalue weighted by Gasteiger charge is -2.02. The Morgan fingerprint density at radius 2 is 2.22 bits per heavy atom. The summed E-state index contributed by atoms with van der Waals surface area (Å²) in [5, 5.41) is 14.3. The van der Waals surface area contributed by atoms with E-state index in [2.05, 4.69) is 20.1 Å². The van der Waals surface area contributed by atoms with E-state index in [4.69, 9.17) is 0 Å². The highest BCUT2D eigenvalue weighted by molar-refractivity contribution is 5.26. The molecule has 0 saturated heterocycles. The average molecular weight is 246 g/mol. The van der Waals surface area contributed by atoms with Gasteiger partial charge in [-0.25, -0.2) is 9.97 Å². The molecule has 8 nitrogen and oxygen atoms in total. The first-order valence-electron chi connectivity index (χ1n) is 5.55. The van der Waals surface area contributed by atoms with E-state index in [0.717, 1.165) is 24.4 Å². The van der Waals surface area contributed by atoms with Gasteiger partial charge in [0.15, 0.2) is 5.82 Å². The fourth-order valence-electron chi connectivity index (χ4n) is 1.66. The molecule has 0 aromatic carbocycles. The second-order valence-electron chi connectivity index (χ2n) is 4.25. The Kier molecular flexibility index (Phi) is 2.29. The second-order valence-corrected chi connectivity index (χ2v) is 4.25. The molecule has 92 valence electrons. The number of hydrogen-bond acceptors (Lipinski definition) is 6. The number of aryl methyl sites for hydroxylation is 1. The topological polar surface area (TPSA) is 99.6 Å². The summed E-state index contributed by atoms with van der Waals surface area (Å²) in [6.45, 7) is 1.86. The fourth-order valence-corrected chi connectivity index (χ4v) is 1.66. The second kappa shape index (κ2) is 3.83. The fraction of sp³-hybridized carbons (Fsp3) is 0.400. The first-order valence-corrected chi connectivity index (χ1v) is 5.55. The Labute approximate surface area is 102 Å². The normalized spacial score (nSPS) is 14.7. The summed E-state index contributed by atoms with van der Waals surface area (Å²) in [5.74, 6) is 1.29. The van der Waals surface area contributed by atoms with Gasteiger partial charge in [0.05, 0.1) is 0 Å². The first-order chi connectivity index (χ1) is 8.63. The van der Waals surface area contributed by atoms with Gasteiger partial charge in [-0.1, -0.05) is 4.98 Å². The molecule has 8 heteroatoms. The van der Waals surface area contributed by atoms with Crippen LogP contribution in [0.2, 0.25) is 0 Å². The van der Waals surface area contributed by atoms with Crippen LogP contribution in [0.3, 0.4) is 0 Å². The molecule has 0 radical (unpaired) electrons. The van der Waals surface area contributed by atoms with Crippen molar-refractivity contribution in [3.05, 3.63) is 34.0 Å². The van der Waals surface area contributed by atoms with E-state index < -0.39 is 10.9 Å². The zero-order chi connectivity index (χ0) is 12.7. The highest BCUT2D eigenvalue weighted by Gasteiger charge is 2.27. The molecule has 18 heavy (non-hydrogen) atoms. The summed E-state index contributed by atoms with van der Waals surface area (Å²) < 4.78 is 1.30. The number of nitro groups is 1. The molecule has 2 aromatic heterocycles. The smallest absolute Gasteiger partial charge is 0.390 e. The molecule has 1 aliphatic rings. The highest BCUT2D eigenvalue weighted by Crippen LogP contribution is 2.38. The van der Waals surface area contributed by atoms with E-state index in [9.17, 15) is 10.1 Å². The SMILES string of the molecule is Cc1cc(-n2cnc([N+](=O)[O-])n2)nc(C2CC2)n1. The lowest BCUT2D eigenvalue weighted by molar-refractivity contribution is -0.394. The average Bonchev–Trinajstić information content (AvgIpc) is 3.05. The zero-order valence-electron chi connectivity index (χ0n) is 9.65. The van der Waals surface area contributed by atoms with Crippen molar-refractivity contribution in [1.82, 2.24) is 24.7 Å². The van der Waals surface area contributed by atoms with Gasteiger partial charge >= 0.3 is 5.95 Å². The quantitative estimate of drug-likeness (QED) is 0.595. The van der Waals surface area contributed by atoms with Crippen LogP contribution in [0, 0.1) is 17.0 Å². The van der Waals surface area contributed by atoms with Gasteiger partial charge in [-0.2, -0.15) is 0 Å². The molecule has 0 amide bonds. The Hall–Kier alpha value is -2.38. The molecule has 0 bridgehead atoms. The summed E-state index contributed by atoms with van der Waals surface area (Å²) in [6.07, 6.45) is 3.48. The predicted octanol–water partition coefficient (Wildman–Crippen LogP) is 1.15. The molecular weight excluding hydrogens is 236 g/mol. The maximum atomic E-state index is 10.5. The molecule has 1 fully saturated rings. The van der Waals surface area contributed by atoms with Crippen LogP contribution >= 0.6 is 0 Å². The van der Waals surface area contributed by atoms with Crippen molar-refractivity contribution < 1.29 is 4.92 Å². The molecule has 0 unspecified atom stereocenters. The van der Waals surface area contributed by atoms with Crippen molar-refractivity contribution in [1.29, 1.82) is 0 Å². The maximum Gasteiger partial charge on any atom is 0.491 e. The first kappa shape index (κ1) is 10.8. The number of aromatic nitrogens is 5. The van der Waals surface area contributed by atoms with Gasteiger partial charge in [0.25, 0.3) is 0 Å². The molecule has 0 N–H and O–H groups in total. The molecule has 3 rings (SSSR count). The van der Waals surface area contributed by atoms with Crippen molar-refractivity contribution >= 4 is 5.95 Å². The van der Waals surface area contributed by atoms with Gasteiger partial charge in [-0.05, 0) is 24.7 Å². The summed E-state index contributed by atoms with van der Waals surface area (Å²) in [6, 6.07) is 1.73. The van der Waals surface area contributed by atoms with Crippen molar-refractivity contribution in [3.8, 4) is 5.82 Å². The minimum absolute atomic E-state index is 0.419. The lowest BCUT2D eigenvalue weighted by atomic mass is 10.3. The minimum Gasteiger partial charge on any atom is -0.390 e. The highest BCUT2D eigenvalue weighted by atomic mass is 16.6. The van der Waals surface area contributed by atoms with Crippen molar-refractivity contribution in [2.75, 3.05) is 0 Å². The minimum atomic E-state index is -0.633.